The summed E-state index contributed by atoms with van der Waals surface area (Å²) in [6.07, 6.45) is 0.148. The third-order valence-electron chi connectivity index (χ3n) is 3.40. The molecule has 0 saturated carbocycles. The molecule has 1 unspecified atom stereocenters. The highest BCUT2D eigenvalue weighted by Crippen LogP contribution is 2.28. The van der Waals surface area contributed by atoms with Crippen molar-refractivity contribution in [3.05, 3.63) is 27.7 Å². The molecular formula is C15H20BrNO2S. The minimum atomic E-state index is 0.148. The van der Waals surface area contributed by atoms with Gasteiger partial charge in [0.25, 0.3) is 0 Å². The number of halogens is 1. The van der Waals surface area contributed by atoms with Crippen LogP contribution in [0.25, 0.3) is 0 Å². The maximum absolute atomic E-state index is 12.2. The van der Waals surface area contributed by atoms with E-state index in [1.54, 1.807) is 11.8 Å². The number of benzene rings is 1. The van der Waals surface area contributed by atoms with Crippen LogP contribution >= 0.6 is 27.7 Å². The van der Waals surface area contributed by atoms with Crippen molar-refractivity contribution in [1.29, 1.82) is 0 Å². The second kappa shape index (κ2) is 6.96. The molecule has 0 bridgehead atoms. The number of hydrogen-bond donors (Lipinski definition) is 0. The van der Waals surface area contributed by atoms with Crippen molar-refractivity contribution in [1.82, 2.24) is 4.90 Å². The Labute approximate surface area is 133 Å². The summed E-state index contributed by atoms with van der Waals surface area (Å²) >= 11 is 5.15. The van der Waals surface area contributed by atoms with Crippen LogP contribution in [-0.2, 0) is 9.53 Å². The molecule has 1 amide bonds. The van der Waals surface area contributed by atoms with E-state index in [4.69, 9.17) is 4.74 Å². The molecule has 1 fully saturated rings. The minimum Gasteiger partial charge on any atom is -0.375 e. The molecule has 1 saturated heterocycles. The molecule has 1 aliphatic heterocycles. The van der Waals surface area contributed by atoms with Crippen LogP contribution in [0.2, 0.25) is 0 Å². The number of carbonyl (C=O) groups is 1. The largest absolute Gasteiger partial charge is 0.375 e. The molecule has 20 heavy (non-hydrogen) atoms. The summed E-state index contributed by atoms with van der Waals surface area (Å²) in [6, 6.07) is 4.25. The fourth-order valence-corrected chi connectivity index (χ4v) is 3.65. The number of thioether (sulfide) groups is 1. The summed E-state index contributed by atoms with van der Waals surface area (Å²) < 4.78 is 6.58. The smallest absolute Gasteiger partial charge is 0.233 e. The SMILES string of the molecule is Cc1cc(SCC(=O)N2CCOC(C)C2)c(C)cc1Br. The van der Waals surface area contributed by atoms with Gasteiger partial charge in [-0.2, -0.15) is 0 Å². The zero-order valence-electron chi connectivity index (χ0n) is 12.1. The summed E-state index contributed by atoms with van der Waals surface area (Å²) in [4.78, 5) is 15.3. The first-order valence-corrected chi connectivity index (χ1v) is 8.54. The third kappa shape index (κ3) is 3.99. The maximum atomic E-state index is 12.2. The average Bonchev–Trinajstić information content (AvgIpc) is 2.41. The van der Waals surface area contributed by atoms with Crippen molar-refractivity contribution in [2.75, 3.05) is 25.4 Å². The maximum Gasteiger partial charge on any atom is 0.233 e. The molecule has 1 aliphatic rings. The number of rotatable bonds is 3. The van der Waals surface area contributed by atoms with Gasteiger partial charge in [0.2, 0.25) is 5.91 Å². The Hall–Kier alpha value is -0.520. The Morgan fingerprint density at radius 1 is 1.45 bits per heavy atom. The summed E-state index contributed by atoms with van der Waals surface area (Å²) in [5, 5.41) is 0. The number of nitrogens with zero attached hydrogens (tertiary/aromatic N) is 1. The highest BCUT2D eigenvalue weighted by atomic mass is 79.9. The van der Waals surface area contributed by atoms with Gasteiger partial charge in [-0.1, -0.05) is 15.9 Å². The van der Waals surface area contributed by atoms with Gasteiger partial charge in [0, 0.05) is 22.5 Å². The number of aryl methyl sites for hydroxylation is 2. The first kappa shape index (κ1) is 15.9. The van der Waals surface area contributed by atoms with E-state index < -0.39 is 0 Å². The Morgan fingerprint density at radius 2 is 2.20 bits per heavy atom. The fraction of sp³-hybridized carbons (Fsp3) is 0.533. The molecule has 0 spiro atoms. The second-order valence-electron chi connectivity index (χ2n) is 5.18. The van der Waals surface area contributed by atoms with Gasteiger partial charge < -0.3 is 9.64 Å². The number of hydrogen-bond acceptors (Lipinski definition) is 3. The zero-order chi connectivity index (χ0) is 14.7. The Balaban J connectivity index is 1.95. The topological polar surface area (TPSA) is 29.5 Å². The molecule has 0 aliphatic carbocycles. The van der Waals surface area contributed by atoms with Crippen LogP contribution in [0.15, 0.2) is 21.5 Å². The lowest BCUT2D eigenvalue weighted by Gasteiger charge is -2.31. The Kier molecular flexibility index (Phi) is 5.52. The van der Waals surface area contributed by atoms with Crippen LogP contribution in [0.5, 0.6) is 0 Å². The quantitative estimate of drug-likeness (QED) is 0.776. The zero-order valence-corrected chi connectivity index (χ0v) is 14.5. The Morgan fingerprint density at radius 3 is 2.90 bits per heavy atom. The molecule has 0 radical (unpaired) electrons. The van der Waals surface area contributed by atoms with Crippen LogP contribution in [0.3, 0.4) is 0 Å². The van der Waals surface area contributed by atoms with Gasteiger partial charge in [-0.3, -0.25) is 4.79 Å². The molecule has 3 nitrogen and oxygen atoms in total. The van der Waals surface area contributed by atoms with Crippen molar-refractivity contribution in [2.45, 2.75) is 31.8 Å². The predicted molar refractivity (Wildman–Crippen MR) is 86.3 cm³/mol. The lowest BCUT2D eigenvalue weighted by atomic mass is 10.2. The Bertz CT molecular complexity index is 507. The van der Waals surface area contributed by atoms with Crippen molar-refractivity contribution < 1.29 is 9.53 Å². The molecule has 1 aromatic carbocycles. The first-order valence-electron chi connectivity index (χ1n) is 6.76. The van der Waals surface area contributed by atoms with Gasteiger partial charge in [0.15, 0.2) is 0 Å². The van der Waals surface area contributed by atoms with E-state index in [0.29, 0.717) is 25.4 Å². The summed E-state index contributed by atoms with van der Waals surface area (Å²) in [6.45, 7) is 8.22. The van der Waals surface area contributed by atoms with Crippen molar-refractivity contribution in [3.8, 4) is 0 Å². The van der Waals surface area contributed by atoms with E-state index in [-0.39, 0.29) is 12.0 Å². The predicted octanol–water partition coefficient (Wildman–Crippen LogP) is 3.41. The third-order valence-corrected chi connectivity index (χ3v) is 5.40. The van der Waals surface area contributed by atoms with E-state index in [0.717, 1.165) is 4.47 Å². The molecular weight excluding hydrogens is 338 g/mol. The first-order chi connectivity index (χ1) is 9.47. The van der Waals surface area contributed by atoms with E-state index in [2.05, 4.69) is 41.9 Å². The summed E-state index contributed by atoms with van der Waals surface area (Å²) in [7, 11) is 0. The normalized spacial score (nSPS) is 19.2. The van der Waals surface area contributed by atoms with E-state index in [9.17, 15) is 4.79 Å². The van der Waals surface area contributed by atoms with E-state index in [1.165, 1.54) is 16.0 Å². The van der Waals surface area contributed by atoms with Gasteiger partial charge >= 0.3 is 0 Å². The van der Waals surface area contributed by atoms with Crippen molar-refractivity contribution in [3.63, 3.8) is 0 Å². The fourth-order valence-electron chi connectivity index (χ4n) is 2.19. The lowest BCUT2D eigenvalue weighted by Crippen LogP contribution is -2.45. The number of ether oxygens (including phenoxy) is 1. The van der Waals surface area contributed by atoms with Crippen molar-refractivity contribution in [2.24, 2.45) is 0 Å². The molecule has 0 aromatic heterocycles. The molecule has 1 heterocycles. The summed E-state index contributed by atoms with van der Waals surface area (Å²) in [5.41, 5.74) is 2.40. The van der Waals surface area contributed by atoms with Gasteiger partial charge in [-0.05, 0) is 44.0 Å². The second-order valence-corrected chi connectivity index (χ2v) is 7.05. The number of carbonyl (C=O) groups excluding carboxylic acids is 1. The highest BCUT2D eigenvalue weighted by Gasteiger charge is 2.21. The molecule has 110 valence electrons. The van der Waals surface area contributed by atoms with Crippen LogP contribution < -0.4 is 0 Å². The van der Waals surface area contributed by atoms with Gasteiger partial charge in [0.05, 0.1) is 18.5 Å². The average molecular weight is 358 g/mol. The molecule has 5 heteroatoms. The van der Waals surface area contributed by atoms with Crippen LogP contribution in [0, 0.1) is 13.8 Å². The molecule has 2 rings (SSSR count). The monoisotopic (exact) mass is 357 g/mol. The van der Waals surface area contributed by atoms with Gasteiger partial charge in [-0.25, -0.2) is 0 Å². The van der Waals surface area contributed by atoms with Crippen molar-refractivity contribution >= 4 is 33.6 Å². The van der Waals surface area contributed by atoms with Crippen LogP contribution in [0.1, 0.15) is 18.1 Å². The van der Waals surface area contributed by atoms with Gasteiger partial charge in [0.1, 0.15) is 0 Å². The molecule has 1 aromatic rings. The van der Waals surface area contributed by atoms with Gasteiger partial charge in [-0.15, -0.1) is 11.8 Å². The standard InChI is InChI=1S/C15H20BrNO2S/c1-10-7-14(11(2)6-13(10)16)20-9-15(18)17-4-5-19-12(3)8-17/h6-7,12H,4-5,8-9H2,1-3H3. The lowest BCUT2D eigenvalue weighted by molar-refractivity contribution is -0.135. The number of morpholine rings is 1. The molecule has 1 atom stereocenters. The van der Waals surface area contributed by atoms with E-state index in [1.807, 2.05) is 11.8 Å². The summed E-state index contributed by atoms with van der Waals surface area (Å²) in [5.74, 6) is 0.694. The van der Waals surface area contributed by atoms with Crippen LogP contribution in [0.4, 0.5) is 0 Å². The highest BCUT2D eigenvalue weighted by molar-refractivity contribution is 9.10. The molecule has 0 N–H and O–H groups in total. The van der Waals surface area contributed by atoms with Crippen LogP contribution in [-0.4, -0.2) is 42.4 Å². The minimum absolute atomic E-state index is 0.148. The van der Waals surface area contributed by atoms with E-state index >= 15 is 0 Å². The number of amides is 1.